The molecule has 0 saturated carbocycles. The smallest absolute Gasteiger partial charge is 0.259 e. The van der Waals surface area contributed by atoms with E-state index < -0.39 is 0 Å². The minimum Gasteiger partial charge on any atom is -0.484 e. The number of fused-ring (bicyclic) bond motifs is 2. The number of carbonyl (C=O) groups excluding carboxylic acids is 2. The van der Waals surface area contributed by atoms with Crippen LogP contribution in [0, 0.1) is 0 Å². The number of carbonyl (C=O) groups is 2. The Morgan fingerprint density at radius 2 is 2.03 bits per heavy atom. The molecule has 0 saturated heterocycles. The molecule has 0 spiro atoms. The van der Waals surface area contributed by atoms with Crippen LogP contribution in [0.25, 0.3) is 5.57 Å². The van der Waals surface area contributed by atoms with Gasteiger partial charge in [-0.3, -0.25) is 9.59 Å². The van der Waals surface area contributed by atoms with E-state index >= 15 is 0 Å². The van der Waals surface area contributed by atoms with Crippen LogP contribution >= 0.6 is 0 Å². The molecule has 1 aromatic heterocycles. The van der Waals surface area contributed by atoms with Crippen LogP contribution in [-0.4, -0.2) is 66.0 Å². The summed E-state index contributed by atoms with van der Waals surface area (Å²) < 4.78 is 5.64. The highest BCUT2D eigenvalue weighted by Crippen LogP contribution is 2.34. The van der Waals surface area contributed by atoms with Gasteiger partial charge < -0.3 is 30.9 Å². The molecule has 1 atom stereocenters. The second kappa shape index (κ2) is 9.65. The highest BCUT2D eigenvalue weighted by Gasteiger charge is 2.29. The van der Waals surface area contributed by atoms with Crippen molar-refractivity contribution in [3.8, 4) is 5.75 Å². The van der Waals surface area contributed by atoms with E-state index in [1.165, 1.54) is 6.33 Å². The Labute approximate surface area is 186 Å². The largest absolute Gasteiger partial charge is 0.484 e. The van der Waals surface area contributed by atoms with Crippen LogP contribution in [0.15, 0.2) is 36.8 Å². The minimum atomic E-state index is -0.250. The first-order chi connectivity index (χ1) is 15.5. The van der Waals surface area contributed by atoms with Crippen LogP contribution < -0.4 is 26.0 Å². The number of anilines is 3. The number of nitrogens with one attached hydrogen (secondary N) is 4. The van der Waals surface area contributed by atoms with Crippen LogP contribution in [0.2, 0.25) is 0 Å². The second-order valence-corrected chi connectivity index (χ2v) is 7.93. The molecule has 10 heteroatoms. The molecule has 2 amide bonds. The van der Waals surface area contributed by atoms with Crippen molar-refractivity contribution >= 4 is 34.7 Å². The number of benzene rings is 1. The van der Waals surface area contributed by atoms with E-state index in [4.69, 9.17) is 4.74 Å². The van der Waals surface area contributed by atoms with E-state index in [0.29, 0.717) is 35.1 Å². The zero-order valence-electron chi connectivity index (χ0n) is 18.1. The fourth-order valence-corrected chi connectivity index (χ4v) is 3.75. The molecule has 4 rings (SSSR count). The molecule has 0 unspecified atom stereocenters. The molecule has 0 aliphatic carbocycles. The average molecular weight is 438 g/mol. The Hall–Kier alpha value is -3.66. The molecular formula is C22H27N7O3. The molecule has 0 fully saturated rings. The van der Waals surface area contributed by atoms with Crippen molar-refractivity contribution in [1.29, 1.82) is 0 Å². The van der Waals surface area contributed by atoms with Gasteiger partial charge in [-0.2, -0.15) is 0 Å². The molecule has 32 heavy (non-hydrogen) atoms. The van der Waals surface area contributed by atoms with Gasteiger partial charge in [0.2, 0.25) is 0 Å². The van der Waals surface area contributed by atoms with Crippen LogP contribution in [0.1, 0.15) is 18.9 Å². The molecule has 2 aromatic rings. The summed E-state index contributed by atoms with van der Waals surface area (Å²) in [4.78, 5) is 35.5. The monoisotopic (exact) mass is 437 g/mol. The maximum absolute atomic E-state index is 12.6. The van der Waals surface area contributed by atoms with Crippen molar-refractivity contribution < 1.29 is 14.3 Å². The summed E-state index contributed by atoms with van der Waals surface area (Å²) >= 11 is 0. The lowest BCUT2D eigenvalue weighted by atomic mass is 10.1. The fraction of sp³-hybridized carbons (Fsp3) is 0.364. The van der Waals surface area contributed by atoms with Crippen molar-refractivity contribution in [2.24, 2.45) is 0 Å². The Kier molecular flexibility index (Phi) is 6.50. The topological polar surface area (TPSA) is 121 Å². The maximum Gasteiger partial charge on any atom is 0.259 e. The third-order valence-corrected chi connectivity index (χ3v) is 5.18. The number of hydrogen-bond acceptors (Lipinski definition) is 8. The van der Waals surface area contributed by atoms with Crippen LogP contribution in [-0.2, 0) is 9.59 Å². The third-order valence-electron chi connectivity index (χ3n) is 5.18. The van der Waals surface area contributed by atoms with E-state index in [9.17, 15) is 9.59 Å². The van der Waals surface area contributed by atoms with Gasteiger partial charge in [0, 0.05) is 37.1 Å². The van der Waals surface area contributed by atoms with E-state index in [0.717, 1.165) is 25.2 Å². The molecular weight excluding hydrogens is 410 g/mol. The predicted molar refractivity (Wildman–Crippen MR) is 122 cm³/mol. The number of likely N-dealkylation sites (N-methyl/N-ethyl adjacent to an activating group) is 1. The van der Waals surface area contributed by atoms with Gasteiger partial charge in [0.15, 0.2) is 6.61 Å². The molecule has 4 N–H and O–H groups in total. The average Bonchev–Trinajstić information content (AvgIpc) is 3.09. The number of hydrogen-bond donors (Lipinski definition) is 4. The third kappa shape index (κ3) is 5.14. The summed E-state index contributed by atoms with van der Waals surface area (Å²) in [5.74, 6) is 1.22. The lowest BCUT2D eigenvalue weighted by Crippen LogP contribution is -2.42. The van der Waals surface area contributed by atoms with Gasteiger partial charge in [-0.1, -0.05) is 6.07 Å². The molecule has 1 aromatic carbocycles. The first-order valence-electron chi connectivity index (χ1n) is 10.6. The standard InChI is InChI=1S/C22H27N7O3/c1-14-11-29(2)8-4-7-23-20-19-17(22(31)28-21(19)26-13-25-20)10-24-15-5-3-6-16(9-15)32-12-18(30)27-14/h3,5-6,9-10,13-14,24H,4,7-8,11-12H2,1-2H3,(H,27,30)(H2,23,25,26,28,31)/b17-10-/t14-/m1/s1. The quantitative estimate of drug-likeness (QED) is 0.490. The minimum absolute atomic E-state index is 0.00637. The van der Waals surface area contributed by atoms with Gasteiger partial charge in [0.05, 0.1) is 11.1 Å². The molecule has 0 radical (unpaired) electrons. The Balaban J connectivity index is 1.61. The number of ether oxygens (including phenoxy) is 1. The van der Waals surface area contributed by atoms with Gasteiger partial charge >= 0.3 is 0 Å². The van der Waals surface area contributed by atoms with Gasteiger partial charge in [-0.15, -0.1) is 0 Å². The number of amides is 2. The summed E-state index contributed by atoms with van der Waals surface area (Å²) in [7, 11) is 2.02. The van der Waals surface area contributed by atoms with E-state index in [1.54, 1.807) is 18.3 Å². The highest BCUT2D eigenvalue weighted by molar-refractivity contribution is 6.32. The first-order valence-corrected chi connectivity index (χ1v) is 10.6. The number of rotatable bonds is 0. The normalized spacial score (nSPS) is 21.7. The van der Waals surface area contributed by atoms with E-state index in [1.807, 2.05) is 26.1 Å². The Bertz CT molecular complexity index is 1040. The van der Waals surface area contributed by atoms with Crippen molar-refractivity contribution in [3.05, 3.63) is 42.4 Å². The Morgan fingerprint density at radius 1 is 1.19 bits per heavy atom. The SMILES string of the molecule is C[C@@H]1CN(C)CCCNc2ncnc3c2/C(=C/Nc2cccc(c2)OCC(=O)N1)C(=O)N3. The van der Waals surface area contributed by atoms with Gasteiger partial charge in [-0.05, 0) is 39.1 Å². The van der Waals surface area contributed by atoms with Crippen molar-refractivity contribution in [3.63, 3.8) is 0 Å². The summed E-state index contributed by atoms with van der Waals surface area (Å²) in [6.07, 6.45) is 3.93. The molecule has 2 aliphatic heterocycles. The van der Waals surface area contributed by atoms with Gasteiger partial charge in [-0.25, -0.2) is 9.97 Å². The van der Waals surface area contributed by atoms with Crippen molar-refractivity contribution in [2.45, 2.75) is 19.4 Å². The van der Waals surface area contributed by atoms with Crippen LogP contribution in [0.3, 0.4) is 0 Å². The predicted octanol–water partition coefficient (Wildman–Crippen LogP) is 1.51. The summed E-state index contributed by atoms with van der Waals surface area (Å²) in [5, 5.41) is 12.2. The highest BCUT2D eigenvalue weighted by atomic mass is 16.5. The summed E-state index contributed by atoms with van der Waals surface area (Å²) in [6.45, 7) is 4.14. The zero-order valence-corrected chi connectivity index (χ0v) is 18.1. The molecule has 10 nitrogen and oxygen atoms in total. The zero-order chi connectivity index (χ0) is 22.5. The maximum atomic E-state index is 12.6. The molecule has 168 valence electrons. The lowest BCUT2D eigenvalue weighted by Gasteiger charge is -2.22. The fourth-order valence-electron chi connectivity index (χ4n) is 3.75. The molecule has 2 aliphatic rings. The van der Waals surface area contributed by atoms with Crippen LogP contribution in [0.5, 0.6) is 5.75 Å². The van der Waals surface area contributed by atoms with Crippen molar-refractivity contribution in [1.82, 2.24) is 20.2 Å². The summed E-state index contributed by atoms with van der Waals surface area (Å²) in [6, 6.07) is 7.20. The van der Waals surface area contributed by atoms with Gasteiger partial charge in [0.1, 0.15) is 23.7 Å². The molecule has 3 heterocycles. The molecule has 2 bridgehead atoms. The number of aromatic nitrogens is 2. The summed E-state index contributed by atoms with van der Waals surface area (Å²) in [5.41, 5.74) is 1.81. The van der Waals surface area contributed by atoms with Crippen LogP contribution in [0.4, 0.5) is 17.3 Å². The van der Waals surface area contributed by atoms with Crippen molar-refractivity contribution in [2.75, 3.05) is 49.2 Å². The van der Waals surface area contributed by atoms with E-state index in [-0.39, 0.29) is 24.5 Å². The van der Waals surface area contributed by atoms with E-state index in [2.05, 4.69) is 36.1 Å². The Morgan fingerprint density at radius 3 is 2.91 bits per heavy atom. The first kappa shape index (κ1) is 21.6. The lowest BCUT2D eigenvalue weighted by molar-refractivity contribution is -0.123. The number of nitrogens with zero attached hydrogens (tertiary/aromatic N) is 3. The second-order valence-electron chi connectivity index (χ2n) is 7.93. The van der Waals surface area contributed by atoms with Gasteiger partial charge in [0.25, 0.3) is 11.8 Å².